The second-order valence-electron chi connectivity index (χ2n) is 3.06. The van der Waals surface area contributed by atoms with E-state index in [4.69, 9.17) is 20.4 Å². The van der Waals surface area contributed by atoms with Gasteiger partial charge in [0.2, 0.25) is 0 Å². The normalized spacial score (nSPS) is 7.05. The van der Waals surface area contributed by atoms with Crippen molar-refractivity contribution in [3.8, 4) is 0 Å². The molecule has 0 amide bonds. The third-order valence-electron chi connectivity index (χ3n) is 1.41. The molecule has 0 fully saturated rings. The Labute approximate surface area is 146 Å². The smallest absolute Gasteiger partial charge is 0.0681 e. The summed E-state index contributed by atoms with van der Waals surface area (Å²) in [7, 11) is 0. The van der Waals surface area contributed by atoms with Crippen LogP contribution in [-0.4, -0.2) is 40.2 Å². The van der Waals surface area contributed by atoms with Crippen LogP contribution >= 0.6 is 0 Å². The summed E-state index contributed by atoms with van der Waals surface area (Å²) in [5.41, 5.74) is 0.965. The summed E-state index contributed by atoms with van der Waals surface area (Å²) in [5, 5.41) is 31.8. The Kier molecular flexibility index (Phi) is 42.5. The summed E-state index contributed by atoms with van der Waals surface area (Å²) in [4.78, 5) is 0. The maximum atomic E-state index is 8.54. The molecule has 0 aromatic heterocycles. The van der Waals surface area contributed by atoms with Gasteiger partial charge in [0.05, 0.1) is 26.4 Å². The molecule has 0 saturated heterocycles. The van der Waals surface area contributed by atoms with E-state index in [1.807, 2.05) is 30.3 Å². The van der Waals surface area contributed by atoms with Crippen molar-refractivity contribution in [3.63, 3.8) is 0 Å². The maximum Gasteiger partial charge on any atom is 0.0681 e. The molecule has 0 aliphatic rings. The van der Waals surface area contributed by atoms with Gasteiger partial charge in [0, 0.05) is 25.8 Å². The fourth-order valence-electron chi connectivity index (χ4n) is 0.583. The molecule has 1 rings (SSSR count). The zero-order valence-electron chi connectivity index (χ0n) is 12.4. The largest absolute Gasteiger partial charge is 0.392 e. The third-order valence-corrected chi connectivity index (χ3v) is 1.41. The fourth-order valence-corrected chi connectivity index (χ4v) is 0.583. The molecule has 1 aromatic rings. The first-order valence-electron chi connectivity index (χ1n) is 5.98. The molecule has 5 heteroatoms. The first-order valence-corrected chi connectivity index (χ1v) is 5.98. The molecule has 1 aromatic carbocycles. The standard InChI is InChI=1S/C7H8O.3C3H6O.Hf/c8-6-7-4-2-1-3-5-7;3*1-2-3-4;/h1-5,8H,6H2;3*2,4H,1,3H2;. The molecular formula is C16H26HfO4. The second-order valence-corrected chi connectivity index (χ2v) is 3.06. The molecule has 0 atom stereocenters. The Morgan fingerprint density at radius 3 is 1.14 bits per heavy atom. The zero-order chi connectivity index (χ0) is 16.1. The van der Waals surface area contributed by atoms with E-state index in [0.29, 0.717) is 0 Å². The van der Waals surface area contributed by atoms with Gasteiger partial charge in [0.25, 0.3) is 0 Å². The molecule has 0 aliphatic heterocycles. The summed E-state index contributed by atoms with van der Waals surface area (Å²) < 4.78 is 0. The first kappa shape index (κ1) is 28.3. The van der Waals surface area contributed by atoms with E-state index >= 15 is 0 Å². The summed E-state index contributed by atoms with van der Waals surface area (Å²) >= 11 is 0. The summed E-state index contributed by atoms with van der Waals surface area (Å²) in [6, 6.07) is 9.52. The zero-order valence-corrected chi connectivity index (χ0v) is 16.0. The minimum absolute atomic E-state index is 0. The molecule has 0 bridgehead atoms. The third kappa shape index (κ3) is 38.2. The Morgan fingerprint density at radius 2 is 1.00 bits per heavy atom. The van der Waals surface area contributed by atoms with Gasteiger partial charge in [-0.3, -0.25) is 0 Å². The summed E-state index contributed by atoms with van der Waals surface area (Å²) in [6.07, 6.45) is 4.29. The molecular weight excluding hydrogens is 435 g/mol. The molecule has 0 aliphatic carbocycles. The fraction of sp³-hybridized carbons (Fsp3) is 0.250. The van der Waals surface area contributed by atoms with Gasteiger partial charge in [-0.1, -0.05) is 48.6 Å². The van der Waals surface area contributed by atoms with Crippen LogP contribution in [0, 0.1) is 0 Å². The van der Waals surface area contributed by atoms with Crippen LogP contribution in [0.3, 0.4) is 0 Å². The van der Waals surface area contributed by atoms with Gasteiger partial charge in [-0.25, -0.2) is 0 Å². The van der Waals surface area contributed by atoms with Crippen molar-refractivity contribution < 1.29 is 46.3 Å². The predicted octanol–water partition coefficient (Wildman–Crippen LogP) is 1.67. The van der Waals surface area contributed by atoms with Gasteiger partial charge in [-0.15, -0.1) is 19.7 Å². The number of benzene rings is 1. The van der Waals surface area contributed by atoms with Crippen LogP contribution in [0.5, 0.6) is 0 Å². The van der Waals surface area contributed by atoms with Crippen molar-refractivity contribution in [2.75, 3.05) is 19.8 Å². The van der Waals surface area contributed by atoms with Gasteiger partial charge in [0.1, 0.15) is 0 Å². The van der Waals surface area contributed by atoms with Crippen LogP contribution in [-0.2, 0) is 32.5 Å². The van der Waals surface area contributed by atoms with E-state index in [1.165, 1.54) is 18.2 Å². The molecule has 0 saturated carbocycles. The number of aliphatic hydroxyl groups excluding tert-OH is 4. The number of hydrogen-bond donors (Lipinski definition) is 4. The van der Waals surface area contributed by atoms with Gasteiger partial charge < -0.3 is 20.4 Å². The van der Waals surface area contributed by atoms with E-state index in [0.717, 1.165) is 5.56 Å². The summed E-state index contributed by atoms with van der Waals surface area (Å²) in [5.74, 6) is 0. The minimum Gasteiger partial charge on any atom is -0.392 e. The van der Waals surface area contributed by atoms with Crippen molar-refractivity contribution in [3.05, 3.63) is 73.9 Å². The molecule has 0 spiro atoms. The topological polar surface area (TPSA) is 80.9 Å². The Balaban J connectivity index is -0.0000000973. The summed E-state index contributed by atoms with van der Waals surface area (Å²) in [6.45, 7) is 10.1. The van der Waals surface area contributed by atoms with Crippen LogP contribution in [0.25, 0.3) is 0 Å². The molecule has 4 N–H and O–H groups in total. The van der Waals surface area contributed by atoms with Crippen molar-refractivity contribution in [1.82, 2.24) is 0 Å². The first-order chi connectivity index (χ1) is 9.67. The molecule has 4 nitrogen and oxygen atoms in total. The number of rotatable bonds is 4. The Morgan fingerprint density at radius 1 is 0.714 bits per heavy atom. The van der Waals surface area contributed by atoms with E-state index in [2.05, 4.69) is 19.7 Å². The Hall–Kier alpha value is -0.850. The van der Waals surface area contributed by atoms with Crippen molar-refractivity contribution >= 4 is 0 Å². The number of hydrogen-bond acceptors (Lipinski definition) is 4. The molecule has 21 heavy (non-hydrogen) atoms. The van der Waals surface area contributed by atoms with Crippen molar-refractivity contribution in [2.45, 2.75) is 6.61 Å². The van der Waals surface area contributed by atoms with Crippen LogP contribution < -0.4 is 0 Å². The predicted molar refractivity (Wildman–Crippen MR) is 84.2 cm³/mol. The molecule has 118 valence electrons. The molecule has 0 radical (unpaired) electrons. The SMILES string of the molecule is C=CCO.C=CCO.C=CCO.OCc1ccccc1.[Hf]. The van der Waals surface area contributed by atoms with Crippen LogP contribution in [0.1, 0.15) is 5.56 Å². The van der Waals surface area contributed by atoms with E-state index in [1.54, 1.807) is 0 Å². The van der Waals surface area contributed by atoms with E-state index < -0.39 is 0 Å². The second kappa shape index (κ2) is 31.5. The maximum absolute atomic E-state index is 8.54. The van der Waals surface area contributed by atoms with Crippen LogP contribution in [0.15, 0.2) is 68.3 Å². The quantitative estimate of drug-likeness (QED) is 0.407. The average Bonchev–Trinajstić information content (AvgIpc) is 2.56. The van der Waals surface area contributed by atoms with Crippen molar-refractivity contribution in [2.24, 2.45) is 0 Å². The van der Waals surface area contributed by atoms with Gasteiger partial charge in [-0.2, -0.15) is 0 Å². The molecule has 0 heterocycles. The van der Waals surface area contributed by atoms with Gasteiger partial charge in [-0.05, 0) is 5.56 Å². The van der Waals surface area contributed by atoms with E-state index in [-0.39, 0.29) is 52.3 Å². The van der Waals surface area contributed by atoms with E-state index in [9.17, 15) is 0 Å². The molecule has 0 unspecified atom stereocenters. The minimum atomic E-state index is 0. The van der Waals surface area contributed by atoms with Crippen LogP contribution in [0.2, 0.25) is 0 Å². The van der Waals surface area contributed by atoms with Gasteiger partial charge in [0.15, 0.2) is 0 Å². The van der Waals surface area contributed by atoms with Crippen molar-refractivity contribution in [1.29, 1.82) is 0 Å². The Bertz CT molecular complexity index is 283. The monoisotopic (exact) mass is 462 g/mol. The number of aliphatic hydroxyl groups is 4. The average molecular weight is 461 g/mol. The van der Waals surface area contributed by atoms with Crippen LogP contribution in [0.4, 0.5) is 0 Å². The van der Waals surface area contributed by atoms with Gasteiger partial charge >= 0.3 is 0 Å².